The predicted octanol–water partition coefficient (Wildman–Crippen LogP) is 1.53. The van der Waals surface area contributed by atoms with Crippen LogP contribution in [0.4, 0.5) is 0 Å². The van der Waals surface area contributed by atoms with Gasteiger partial charge >= 0.3 is 0 Å². The van der Waals surface area contributed by atoms with Crippen LogP contribution in [-0.4, -0.2) is 10.1 Å². The number of pyridine rings is 1. The number of nitrogens with zero attached hydrogens (tertiary/aromatic N) is 1. The topological polar surface area (TPSA) is 33.1 Å². The van der Waals surface area contributed by atoms with Gasteiger partial charge in [-0.1, -0.05) is 19.4 Å². The first-order valence-corrected chi connectivity index (χ1v) is 3.90. The molecule has 0 radical (unpaired) electrons. The monoisotopic (exact) mass is 151 g/mol. The van der Waals surface area contributed by atoms with Crippen molar-refractivity contribution in [3.63, 3.8) is 0 Å². The molecule has 0 saturated heterocycles. The van der Waals surface area contributed by atoms with E-state index >= 15 is 0 Å². The Morgan fingerprint density at radius 2 is 2.09 bits per heavy atom. The summed E-state index contributed by atoms with van der Waals surface area (Å²) >= 11 is 0. The van der Waals surface area contributed by atoms with Gasteiger partial charge in [-0.05, 0) is 17.5 Å². The van der Waals surface area contributed by atoms with E-state index in [-0.39, 0.29) is 6.61 Å². The lowest BCUT2D eigenvalue weighted by atomic mass is 10.1. The van der Waals surface area contributed by atoms with Crippen LogP contribution < -0.4 is 0 Å². The summed E-state index contributed by atoms with van der Waals surface area (Å²) in [6.07, 6.45) is 5.71. The first kappa shape index (κ1) is 8.21. The average molecular weight is 151 g/mol. The first-order chi connectivity index (χ1) is 5.36. The van der Waals surface area contributed by atoms with Crippen molar-refractivity contribution in [2.45, 2.75) is 26.4 Å². The Morgan fingerprint density at radius 1 is 1.36 bits per heavy atom. The molecular formula is C9H13NO. The third-order valence-electron chi connectivity index (χ3n) is 1.57. The fourth-order valence-electron chi connectivity index (χ4n) is 1.05. The molecular weight excluding hydrogens is 138 g/mol. The number of rotatable bonds is 3. The number of aliphatic hydroxyl groups excluding tert-OH is 1. The van der Waals surface area contributed by atoms with Gasteiger partial charge in [0.05, 0.1) is 6.61 Å². The van der Waals surface area contributed by atoms with Gasteiger partial charge in [-0.3, -0.25) is 4.98 Å². The maximum atomic E-state index is 8.79. The first-order valence-electron chi connectivity index (χ1n) is 3.90. The van der Waals surface area contributed by atoms with Crippen LogP contribution >= 0.6 is 0 Å². The lowest BCUT2D eigenvalue weighted by Gasteiger charge is -1.99. The summed E-state index contributed by atoms with van der Waals surface area (Å²) in [7, 11) is 0. The number of hydrogen-bond donors (Lipinski definition) is 1. The molecule has 1 heterocycles. The van der Waals surface area contributed by atoms with E-state index in [0.29, 0.717) is 0 Å². The number of aryl methyl sites for hydroxylation is 1. The molecule has 0 atom stereocenters. The standard InChI is InChI=1S/C9H13NO/c1-2-3-8-4-9(7-11)6-10-5-8/h4-6,11H,2-3,7H2,1H3. The fraction of sp³-hybridized carbons (Fsp3) is 0.444. The van der Waals surface area contributed by atoms with Gasteiger partial charge in [-0.25, -0.2) is 0 Å². The largest absolute Gasteiger partial charge is 0.392 e. The van der Waals surface area contributed by atoms with E-state index in [4.69, 9.17) is 5.11 Å². The zero-order valence-corrected chi connectivity index (χ0v) is 6.75. The normalized spacial score (nSPS) is 10.0. The molecule has 0 aromatic carbocycles. The van der Waals surface area contributed by atoms with E-state index in [1.165, 1.54) is 5.56 Å². The number of aromatic nitrogens is 1. The van der Waals surface area contributed by atoms with E-state index in [9.17, 15) is 0 Å². The van der Waals surface area contributed by atoms with Crippen LogP contribution in [0.25, 0.3) is 0 Å². The Kier molecular flexibility index (Phi) is 3.05. The summed E-state index contributed by atoms with van der Waals surface area (Å²) in [5, 5.41) is 8.79. The molecule has 1 N–H and O–H groups in total. The van der Waals surface area contributed by atoms with Crippen LogP contribution in [0.3, 0.4) is 0 Å². The van der Waals surface area contributed by atoms with Crippen LogP contribution in [0.5, 0.6) is 0 Å². The summed E-state index contributed by atoms with van der Waals surface area (Å²) in [5.74, 6) is 0. The Morgan fingerprint density at radius 3 is 2.73 bits per heavy atom. The van der Waals surface area contributed by atoms with Crippen molar-refractivity contribution in [3.05, 3.63) is 29.6 Å². The molecule has 0 unspecified atom stereocenters. The van der Waals surface area contributed by atoms with E-state index in [1.54, 1.807) is 6.20 Å². The van der Waals surface area contributed by atoms with Gasteiger partial charge in [-0.15, -0.1) is 0 Å². The molecule has 0 aliphatic rings. The van der Waals surface area contributed by atoms with Gasteiger partial charge < -0.3 is 5.11 Å². The van der Waals surface area contributed by atoms with Gasteiger partial charge in [0.25, 0.3) is 0 Å². The SMILES string of the molecule is CCCc1cncc(CO)c1. The Hall–Kier alpha value is -0.890. The smallest absolute Gasteiger partial charge is 0.0696 e. The molecule has 0 aliphatic carbocycles. The maximum Gasteiger partial charge on any atom is 0.0696 e. The molecule has 1 rings (SSSR count). The molecule has 0 fully saturated rings. The molecule has 0 saturated carbocycles. The van der Waals surface area contributed by atoms with Crippen molar-refractivity contribution in [2.75, 3.05) is 0 Å². The fourth-order valence-corrected chi connectivity index (χ4v) is 1.05. The van der Waals surface area contributed by atoms with Crippen molar-refractivity contribution < 1.29 is 5.11 Å². The maximum absolute atomic E-state index is 8.79. The van der Waals surface area contributed by atoms with Crippen molar-refractivity contribution in [2.24, 2.45) is 0 Å². The van der Waals surface area contributed by atoms with Gasteiger partial charge in [0.15, 0.2) is 0 Å². The summed E-state index contributed by atoms with van der Waals surface area (Å²) in [4.78, 5) is 4.01. The second kappa shape index (κ2) is 4.09. The lowest BCUT2D eigenvalue weighted by molar-refractivity contribution is 0.281. The molecule has 0 spiro atoms. The van der Waals surface area contributed by atoms with Gasteiger partial charge in [0.1, 0.15) is 0 Å². The number of aliphatic hydroxyl groups is 1. The quantitative estimate of drug-likeness (QED) is 0.710. The van der Waals surface area contributed by atoms with Crippen molar-refractivity contribution >= 4 is 0 Å². The minimum atomic E-state index is 0.0879. The van der Waals surface area contributed by atoms with Gasteiger partial charge in [0, 0.05) is 12.4 Å². The third-order valence-corrected chi connectivity index (χ3v) is 1.57. The summed E-state index contributed by atoms with van der Waals surface area (Å²) in [6, 6.07) is 2.00. The molecule has 0 amide bonds. The Bertz CT molecular complexity index is 223. The zero-order valence-electron chi connectivity index (χ0n) is 6.75. The molecule has 1 aromatic rings. The van der Waals surface area contributed by atoms with E-state index in [2.05, 4.69) is 11.9 Å². The van der Waals surface area contributed by atoms with Crippen LogP contribution in [-0.2, 0) is 13.0 Å². The molecule has 2 heteroatoms. The van der Waals surface area contributed by atoms with Crippen LogP contribution in [0, 0.1) is 0 Å². The summed E-state index contributed by atoms with van der Waals surface area (Å²) < 4.78 is 0. The molecule has 11 heavy (non-hydrogen) atoms. The van der Waals surface area contributed by atoms with Crippen LogP contribution in [0.15, 0.2) is 18.5 Å². The van der Waals surface area contributed by atoms with E-state index < -0.39 is 0 Å². The average Bonchev–Trinajstić information content (AvgIpc) is 2.06. The highest BCUT2D eigenvalue weighted by Gasteiger charge is 1.93. The van der Waals surface area contributed by atoms with Crippen LogP contribution in [0.1, 0.15) is 24.5 Å². The lowest BCUT2D eigenvalue weighted by Crippen LogP contribution is -1.89. The molecule has 60 valence electrons. The Labute approximate surface area is 66.9 Å². The van der Waals surface area contributed by atoms with E-state index in [1.807, 2.05) is 12.3 Å². The highest BCUT2D eigenvalue weighted by Crippen LogP contribution is 2.04. The second-order valence-corrected chi connectivity index (χ2v) is 2.61. The minimum Gasteiger partial charge on any atom is -0.392 e. The zero-order chi connectivity index (χ0) is 8.10. The van der Waals surface area contributed by atoms with Crippen molar-refractivity contribution in [1.82, 2.24) is 4.98 Å². The Balaban J connectivity index is 2.74. The third kappa shape index (κ3) is 2.31. The molecule has 0 bridgehead atoms. The van der Waals surface area contributed by atoms with Gasteiger partial charge in [0.2, 0.25) is 0 Å². The van der Waals surface area contributed by atoms with Crippen molar-refractivity contribution in [3.8, 4) is 0 Å². The van der Waals surface area contributed by atoms with Gasteiger partial charge in [-0.2, -0.15) is 0 Å². The highest BCUT2D eigenvalue weighted by atomic mass is 16.3. The molecule has 0 aliphatic heterocycles. The van der Waals surface area contributed by atoms with Crippen molar-refractivity contribution in [1.29, 1.82) is 0 Å². The van der Waals surface area contributed by atoms with Crippen LogP contribution in [0.2, 0.25) is 0 Å². The summed E-state index contributed by atoms with van der Waals surface area (Å²) in [5.41, 5.74) is 2.11. The highest BCUT2D eigenvalue weighted by molar-refractivity contribution is 5.17. The minimum absolute atomic E-state index is 0.0879. The van der Waals surface area contributed by atoms with E-state index in [0.717, 1.165) is 18.4 Å². The molecule has 1 aromatic heterocycles. The number of hydrogen-bond acceptors (Lipinski definition) is 2. The summed E-state index contributed by atoms with van der Waals surface area (Å²) in [6.45, 7) is 2.22. The predicted molar refractivity (Wildman–Crippen MR) is 44.2 cm³/mol. The molecule has 2 nitrogen and oxygen atoms in total. The second-order valence-electron chi connectivity index (χ2n) is 2.61.